The van der Waals surface area contributed by atoms with Crippen LogP contribution in [0.15, 0.2) is 17.6 Å². The minimum absolute atomic E-state index is 0.0163. The number of carboxylic acids is 1. The number of rotatable bonds is 4. The van der Waals surface area contributed by atoms with Crippen LogP contribution in [0.3, 0.4) is 0 Å². The van der Waals surface area contributed by atoms with E-state index >= 15 is 0 Å². The fourth-order valence-corrected chi connectivity index (χ4v) is 3.75. The van der Waals surface area contributed by atoms with Crippen molar-refractivity contribution in [2.24, 2.45) is 0 Å². The minimum Gasteiger partial charge on any atom is -0.476 e. The number of hydrogen-bond acceptors (Lipinski definition) is 5. The smallest absolute Gasteiger partial charge is 0.435 e. The van der Waals surface area contributed by atoms with Crippen LogP contribution >= 0.6 is 11.3 Å². The Morgan fingerprint density at radius 3 is 2.54 bits per heavy atom. The molecule has 1 N–H and O–H groups in total. The summed E-state index contributed by atoms with van der Waals surface area (Å²) < 4.78 is 38.6. The summed E-state index contributed by atoms with van der Waals surface area (Å²) in [6, 6.07) is 0.835. The molecule has 0 aliphatic carbocycles. The van der Waals surface area contributed by atoms with Gasteiger partial charge in [0.2, 0.25) is 5.91 Å². The van der Waals surface area contributed by atoms with E-state index in [-0.39, 0.29) is 24.1 Å². The standard InChI is InChI=1S/C15H15F3N4O3S/c16-15(17,18)11-3-6-22(20-11)7-12(23)21-4-1-9(2-5-21)13-19-10(8-26-13)14(24)25/h3,6,8-9H,1-2,4-5,7H2,(H,24,25). The van der Waals surface area contributed by atoms with Crippen molar-refractivity contribution in [3.05, 3.63) is 34.0 Å². The largest absolute Gasteiger partial charge is 0.476 e. The predicted octanol–water partition coefficient (Wildman–Crippen LogP) is 2.46. The number of nitrogens with zero attached hydrogens (tertiary/aromatic N) is 4. The number of amides is 1. The van der Waals surface area contributed by atoms with Crippen molar-refractivity contribution in [3.63, 3.8) is 0 Å². The highest BCUT2D eigenvalue weighted by Crippen LogP contribution is 2.30. The van der Waals surface area contributed by atoms with E-state index in [1.807, 2.05) is 0 Å². The second kappa shape index (κ2) is 7.06. The molecule has 1 aliphatic heterocycles. The number of thiazole rings is 1. The number of hydrogen-bond donors (Lipinski definition) is 1. The van der Waals surface area contributed by atoms with Gasteiger partial charge in [-0.15, -0.1) is 11.3 Å². The van der Waals surface area contributed by atoms with Crippen molar-refractivity contribution in [2.75, 3.05) is 13.1 Å². The molecule has 0 bridgehead atoms. The van der Waals surface area contributed by atoms with E-state index in [0.717, 1.165) is 22.0 Å². The Morgan fingerprint density at radius 2 is 2.00 bits per heavy atom. The predicted molar refractivity (Wildman–Crippen MR) is 84.9 cm³/mol. The van der Waals surface area contributed by atoms with Crippen LogP contribution in [0.25, 0.3) is 0 Å². The molecule has 3 rings (SSSR count). The average molecular weight is 388 g/mol. The molecule has 1 fully saturated rings. The van der Waals surface area contributed by atoms with Crippen LogP contribution in [-0.4, -0.2) is 49.7 Å². The number of alkyl halides is 3. The first-order valence-electron chi connectivity index (χ1n) is 7.81. The molecule has 0 atom stereocenters. The normalized spacial score (nSPS) is 16.0. The quantitative estimate of drug-likeness (QED) is 0.869. The third-order valence-electron chi connectivity index (χ3n) is 4.17. The lowest BCUT2D eigenvalue weighted by Crippen LogP contribution is -2.39. The summed E-state index contributed by atoms with van der Waals surface area (Å²) in [5, 5.41) is 14.5. The number of aromatic nitrogens is 3. The summed E-state index contributed by atoms with van der Waals surface area (Å²) in [7, 11) is 0. The van der Waals surface area contributed by atoms with Gasteiger partial charge in [-0.3, -0.25) is 9.48 Å². The lowest BCUT2D eigenvalue weighted by Gasteiger charge is -2.31. The fourth-order valence-electron chi connectivity index (χ4n) is 2.79. The summed E-state index contributed by atoms with van der Waals surface area (Å²) in [5.41, 5.74) is -1.01. The molecule has 2 aromatic rings. The molecule has 1 saturated heterocycles. The van der Waals surface area contributed by atoms with Crippen molar-refractivity contribution in [3.8, 4) is 0 Å². The molecule has 0 radical (unpaired) electrons. The number of piperidine rings is 1. The van der Waals surface area contributed by atoms with Gasteiger partial charge in [0.25, 0.3) is 0 Å². The third-order valence-corrected chi connectivity index (χ3v) is 5.17. The van der Waals surface area contributed by atoms with Gasteiger partial charge in [-0.05, 0) is 18.9 Å². The molecule has 140 valence electrons. The minimum atomic E-state index is -4.53. The van der Waals surface area contributed by atoms with Gasteiger partial charge in [0.1, 0.15) is 6.54 Å². The van der Waals surface area contributed by atoms with Crippen molar-refractivity contribution in [1.29, 1.82) is 0 Å². The second-order valence-corrected chi connectivity index (χ2v) is 6.82. The SMILES string of the molecule is O=C(O)c1csc(C2CCN(C(=O)Cn3ccc(C(F)(F)F)n3)CC2)n1. The zero-order valence-corrected chi connectivity index (χ0v) is 14.3. The van der Waals surface area contributed by atoms with Gasteiger partial charge in [-0.25, -0.2) is 9.78 Å². The fraction of sp³-hybridized carbons (Fsp3) is 0.467. The highest BCUT2D eigenvalue weighted by Gasteiger charge is 2.34. The highest BCUT2D eigenvalue weighted by molar-refractivity contribution is 7.09. The Labute approximate surface area is 150 Å². The molecule has 7 nitrogen and oxygen atoms in total. The van der Waals surface area contributed by atoms with E-state index in [0.29, 0.717) is 25.9 Å². The Bertz CT molecular complexity index is 809. The maximum atomic E-state index is 12.5. The monoisotopic (exact) mass is 388 g/mol. The summed E-state index contributed by atoms with van der Waals surface area (Å²) in [5.74, 6) is -1.29. The molecule has 0 aromatic carbocycles. The van der Waals surface area contributed by atoms with E-state index in [9.17, 15) is 22.8 Å². The molecule has 0 saturated carbocycles. The van der Waals surface area contributed by atoms with E-state index in [4.69, 9.17) is 5.11 Å². The molecule has 2 aromatic heterocycles. The molecule has 0 unspecified atom stereocenters. The summed E-state index contributed by atoms with van der Waals surface area (Å²) in [6.45, 7) is 0.638. The van der Waals surface area contributed by atoms with Crippen LogP contribution in [0.2, 0.25) is 0 Å². The van der Waals surface area contributed by atoms with Crippen molar-refractivity contribution >= 4 is 23.2 Å². The Hall–Kier alpha value is -2.43. The molecular weight excluding hydrogens is 373 g/mol. The zero-order valence-electron chi connectivity index (χ0n) is 13.4. The number of likely N-dealkylation sites (tertiary alicyclic amines) is 1. The van der Waals surface area contributed by atoms with Gasteiger partial charge >= 0.3 is 12.1 Å². The van der Waals surface area contributed by atoms with E-state index in [1.165, 1.54) is 16.7 Å². The van der Waals surface area contributed by atoms with Crippen LogP contribution in [-0.2, 0) is 17.5 Å². The highest BCUT2D eigenvalue weighted by atomic mass is 32.1. The number of halogens is 3. The Kier molecular flexibility index (Phi) is 4.99. The number of carbonyl (C=O) groups excluding carboxylic acids is 1. The van der Waals surface area contributed by atoms with Gasteiger partial charge < -0.3 is 10.0 Å². The number of carboxylic acid groups (broad SMARTS) is 1. The van der Waals surface area contributed by atoms with Gasteiger partial charge in [0.05, 0.1) is 5.01 Å². The number of aromatic carboxylic acids is 1. The van der Waals surface area contributed by atoms with Crippen LogP contribution in [0, 0.1) is 0 Å². The van der Waals surface area contributed by atoms with Gasteiger partial charge in [0.15, 0.2) is 11.4 Å². The first kappa shape index (κ1) is 18.4. The lowest BCUT2D eigenvalue weighted by molar-refractivity contribution is -0.142. The van der Waals surface area contributed by atoms with Crippen molar-refractivity contribution < 1.29 is 27.9 Å². The first-order valence-corrected chi connectivity index (χ1v) is 8.69. The maximum absolute atomic E-state index is 12.5. The van der Waals surface area contributed by atoms with Crippen molar-refractivity contribution in [1.82, 2.24) is 19.7 Å². The lowest BCUT2D eigenvalue weighted by atomic mass is 9.97. The van der Waals surface area contributed by atoms with Crippen LogP contribution in [0.5, 0.6) is 0 Å². The van der Waals surface area contributed by atoms with Gasteiger partial charge in [-0.2, -0.15) is 18.3 Å². The van der Waals surface area contributed by atoms with Crippen molar-refractivity contribution in [2.45, 2.75) is 31.5 Å². The third kappa shape index (κ3) is 4.03. The first-order chi connectivity index (χ1) is 12.2. The molecule has 26 heavy (non-hydrogen) atoms. The summed E-state index contributed by atoms with van der Waals surface area (Å²) in [4.78, 5) is 28.8. The Morgan fingerprint density at radius 1 is 1.31 bits per heavy atom. The zero-order chi connectivity index (χ0) is 18.9. The summed E-state index contributed by atoms with van der Waals surface area (Å²) >= 11 is 1.29. The topological polar surface area (TPSA) is 88.3 Å². The van der Waals surface area contributed by atoms with E-state index in [2.05, 4.69) is 10.1 Å². The van der Waals surface area contributed by atoms with E-state index < -0.39 is 17.8 Å². The second-order valence-electron chi connectivity index (χ2n) is 5.93. The van der Waals surface area contributed by atoms with Crippen LogP contribution in [0.4, 0.5) is 13.2 Å². The molecule has 0 spiro atoms. The van der Waals surface area contributed by atoms with Crippen LogP contribution < -0.4 is 0 Å². The average Bonchev–Trinajstić information content (AvgIpc) is 3.24. The molecule has 3 heterocycles. The molecule has 1 amide bonds. The maximum Gasteiger partial charge on any atom is 0.435 e. The van der Waals surface area contributed by atoms with E-state index in [1.54, 1.807) is 4.90 Å². The molecule has 11 heteroatoms. The number of carbonyl (C=O) groups is 2. The van der Waals surface area contributed by atoms with Gasteiger partial charge in [0, 0.05) is 30.6 Å². The van der Waals surface area contributed by atoms with Gasteiger partial charge in [-0.1, -0.05) is 0 Å². The molecule has 1 aliphatic rings. The Balaban J connectivity index is 1.55. The molecular formula is C15H15F3N4O3S. The summed E-state index contributed by atoms with van der Waals surface area (Å²) in [6.07, 6.45) is -2.14. The van der Waals surface area contributed by atoms with Crippen LogP contribution in [0.1, 0.15) is 39.9 Å².